The molecule has 2 heterocycles. The highest BCUT2D eigenvalue weighted by atomic mass is 19.4. The first-order valence-corrected chi connectivity index (χ1v) is 11.3. The largest absolute Gasteiger partial charge is 0.418 e. The normalized spacial score (nSPS) is 15.1. The van der Waals surface area contributed by atoms with Gasteiger partial charge in [-0.3, -0.25) is 4.90 Å². The molecule has 9 heteroatoms. The van der Waals surface area contributed by atoms with Gasteiger partial charge in [-0.2, -0.15) is 13.2 Å². The number of hydrogen-bond acceptors (Lipinski definition) is 6. The molecule has 0 amide bonds. The molecule has 34 heavy (non-hydrogen) atoms. The Balaban J connectivity index is 1.51. The molecule has 0 aliphatic carbocycles. The standard InChI is InChI=1S/C25H29F3N6/c1-32(2)12-13-33-14-16-34(17-15-33)23-9-8-20(18-21(23)25(26,27)28)30-24-29-11-10-22(31-24)19-6-4-3-5-7-19/h3-11,18H,12-17H2,1-2H3,(H,29,30,31). The number of nitrogens with one attached hydrogen (secondary N) is 1. The number of aromatic nitrogens is 2. The molecule has 0 radical (unpaired) electrons. The van der Waals surface area contributed by atoms with Crippen LogP contribution in [0.2, 0.25) is 0 Å². The number of anilines is 3. The Labute approximate surface area is 198 Å². The second kappa shape index (κ2) is 10.4. The van der Waals surface area contributed by atoms with E-state index in [1.807, 2.05) is 49.3 Å². The summed E-state index contributed by atoms with van der Waals surface area (Å²) in [5, 5.41) is 2.94. The Hall–Kier alpha value is -3.17. The van der Waals surface area contributed by atoms with Crippen LogP contribution >= 0.6 is 0 Å². The van der Waals surface area contributed by atoms with E-state index < -0.39 is 11.7 Å². The predicted molar refractivity (Wildman–Crippen MR) is 129 cm³/mol. The number of halogens is 3. The molecule has 0 bridgehead atoms. The lowest BCUT2D eigenvalue weighted by Crippen LogP contribution is -2.48. The molecule has 1 aliphatic heterocycles. The minimum absolute atomic E-state index is 0.212. The molecule has 6 nitrogen and oxygen atoms in total. The molecule has 180 valence electrons. The smallest absolute Gasteiger partial charge is 0.368 e. The molecule has 1 aromatic heterocycles. The molecule has 4 rings (SSSR count). The van der Waals surface area contributed by atoms with Crippen molar-refractivity contribution in [3.63, 3.8) is 0 Å². The lowest BCUT2D eigenvalue weighted by molar-refractivity contribution is -0.137. The van der Waals surface area contributed by atoms with Crippen molar-refractivity contribution in [2.24, 2.45) is 0 Å². The van der Waals surface area contributed by atoms with Crippen LogP contribution in [0.3, 0.4) is 0 Å². The molecule has 1 saturated heterocycles. The molecule has 0 saturated carbocycles. The van der Waals surface area contributed by atoms with Gasteiger partial charge in [0.2, 0.25) is 5.95 Å². The third-order valence-corrected chi connectivity index (χ3v) is 5.86. The number of piperazine rings is 1. The highest BCUT2D eigenvalue weighted by molar-refractivity contribution is 5.66. The van der Waals surface area contributed by atoms with Crippen molar-refractivity contribution in [3.05, 3.63) is 66.4 Å². The molecule has 2 aromatic carbocycles. The van der Waals surface area contributed by atoms with E-state index in [4.69, 9.17) is 0 Å². The minimum Gasteiger partial charge on any atom is -0.368 e. The molecular weight excluding hydrogens is 441 g/mol. The molecule has 3 aromatic rings. The Morgan fingerprint density at radius 2 is 1.71 bits per heavy atom. The van der Waals surface area contributed by atoms with E-state index in [1.54, 1.807) is 24.4 Å². The van der Waals surface area contributed by atoms with Crippen molar-refractivity contribution < 1.29 is 13.2 Å². The van der Waals surface area contributed by atoms with Gasteiger partial charge in [0.05, 0.1) is 11.3 Å². The van der Waals surface area contributed by atoms with Gasteiger partial charge in [-0.15, -0.1) is 0 Å². The topological polar surface area (TPSA) is 47.5 Å². The number of nitrogens with zero attached hydrogens (tertiary/aromatic N) is 5. The van der Waals surface area contributed by atoms with Gasteiger partial charge >= 0.3 is 6.18 Å². The van der Waals surface area contributed by atoms with Crippen LogP contribution in [0.5, 0.6) is 0 Å². The van der Waals surface area contributed by atoms with Gasteiger partial charge < -0.3 is 15.1 Å². The van der Waals surface area contributed by atoms with Crippen LogP contribution in [-0.4, -0.2) is 73.1 Å². The lowest BCUT2D eigenvalue weighted by Gasteiger charge is -2.37. The summed E-state index contributed by atoms with van der Waals surface area (Å²) in [5.74, 6) is 0.247. The molecular formula is C25H29F3N6. The summed E-state index contributed by atoms with van der Waals surface area (Å²) in [7, 11) is 4.04. The van der Waals surface area contributed by atoms with Crippen molar-refractivity contribution >= 4 is 17.3 Å². The van der Waals surface area contributed by atoms with Crippen LogP contribution < -0.4 is 10.2 Å². The van der Waals surface area contributed by atoms with Crippen molar-refractivity contribution in [2.45, 2.75) is 6.18 Å². The second-order valence-electron chi connectivity index (χ2n) is 8.62. The van der Waals surface area contributed by atoms with Crippen molar-refractivity contribution in [1.29, 1.82) is 0 Å². The maximum Gasteiger partial charge on any atom is 0.418 e. The van der Waals surface area contributed by atoms with Crippen LogP contribution in [0.1, 0.15) is 5.56 Å². The number of rotatable bonds is 7. The quantitative estimate of drug-likeness (QED) is 0.545. The fourth-order valence-electron chi connectivity index (χ4n) is 3.99. The summed E-state index contributed by atoms with van der Waals surface area (Å²) in [6, 6.07) is 15.7. The van der Waals surface area contributed by atoms with Crippen LogP contribution in [0.4, 0.5) is 30.5 Å². The Bertz CT molecular complexity index is 1080. The Morgan fingerprint density at radius 3 is 2.38 bits per heavy atom. The van der Waals surface area contributed by atoms with E-state index in [-0.39, 0.29) is 11.6 Å². The predicted octanol–water partition coefficient (Wildman–Crippen LogP) is 4.59. The summed E-state index contributed by atoms with van der Waals surface area (Å²) in [6.07, 6.45) is -2.88. The number of hydrogen-bond donors (Lipinski definition) is 1. The molecule has 1 fully saturated rings. The SMILES string of the molecule is CN(C)CCN1CCN(c2ccc(Nc3nccc(-c4ccccc4)n3)cc2C(F)(F)F)CC1. The van der Waals surface area contributed by atoms with Crippen LogP contribution in [-0.2, 0) is 6.18 Å². The van der Waals surface area contributed by atoms with Gasteiger partial charge in [0.1, 0.15) is 0 Å². The van der Waals surface area contributed by atoms with Gasteiger partial charge in [-0.05, 0) is 38.4 Å². The van der Waals surface area contributed by atoms with Gasteiger partial charge in [-0.25, -0.2) is 9.97 Å². The first-order chi connectivity index (χ1) is 16.3. The van der Waals surface area contributed by atoms with Crippen molar-refractivity contribution in [3.8, 4) is 11.3 Å². The molecule has 0 atom stereocenters. The fourth-order valence-corrected chi connectivity index (χ4v) is 3.99. The average molecular weight is 471 g/mol. The lowest BCUT2D eigenvalue weighted by atomic mass is 10.1. The summed E-state index contributed by atoms with van der Waals surface area (Å²) < 4.78 is 42.0. The zero-order chi connectivity index (χ0) is 24.1. The van der Waals surface area contributed by atoms with Crippen LogP contribution in [0, 0.1) is 0 Å². The van der Waals surface area contributed by atoms with Gasteiger partial charge in [0.25, 0.3) is 0 Å². The van der Waals surface area contributed by atoms with E-state index in [1.165, 1.54) is 0 Å². The minimum atomic E-state index is -4.47. The van der Waals surface area contributed by atoms with Gasteiger partial charge in [0, 0.05) is 62.4 Å². The average Bonchev–Trinajstić information content (AvgIpc) is 2.83. The monoisotopic (exact) mass is 470 g/mol. The molecule has 1 aliphatic rings. The van der Waals surface area contributed by atoms with Crippen molar-refractivity contribution in [1.82, 2.24) is 19.8 Å². The maximum atomic E-state index is 14.0. The van der Waals surface area contributed by atoms with Gasteiger partial charge in [0.15, 0.2) is 0 Å². The molecule has 0 spiro atoms. The van der Waals surface area contributed by atoms with Crippen molar-refractivity contribution in [2.75, 3.05) is 63.6 Å². The van der Waals surface area contributed by atoms with E-state index in [0.717, 1.165) is 37.8 Å². The third kappa shape index (κ3) is 6.03. The number of benzene rings is 2. The van der Waals surface area contributed by atoms with Crippen LogP contribution in [0.15, 0.2) is 60.8 Å². The van der Waals surface area contributed by atoms with Gasteiger partial charge in [-0.1, -0.05) is 30.3 Å². The second-order valence-corrected chi connectivity index (χ2v) is 8.62. The Kier molecular flexibility index (Phi) is 7.33. The first-order valence-electron chi connectivity index (χ1n) is 11.3. The molecule has 1 N–H and O–H groups in total. The zero-order valence-electron chi connectivity index (χ0n) is 19.4. The summed E-state index contributed by atoms with van der Waals surface area (Å²) in [4.78, 5) is 14.9. The highest BCUT2D eigenvalue weighted by Crippen LogP contribution is 2.39. The van der Waals surface area contributed by atoms with Crippen LogP contribution in [0.25, 0.3) is 11.3 Å². The van der Waals surface area contributed by atoms with E-state index in [9.17, 15) is 13.2 Å². The number of likely N-dealkylation sites (N-methyl/N-ethyl adjacent to an activating group) is 1. The highest BCUT2D eigenvalue weighted by Gasteiger charge is 2.36. The summed E-state index contributed by atoms with van der Waals surface area (Å²) in [6.45, 7) is 4.45. The third-order valence-electron chi connectivity index (χ3n) is 5.86. The fraction of sp³-hybridized carbons (Fsp3) is 0.360. The summed E-state index contributed by atoms with van der Waals surface area (Å²) >= 11 is 0. The van der Waals surface area contributed by atoms with E-state index in [0.29, 0.717) is 24.5 Å². The Morgan fingerprint density at radius 1 is 0.971 bits per heavy atom. The zero-order valence-corrected chi connectivity index (χ0v) is 19.4. The number of alkyl halides is 3. The maximum absolute atomic E-state index is 14.0. The van der Waals surface area contributed by atoms with E-state index >= 15 is 0 Å². The first kappa shape index (κ1) is 24.0. The summed E-state index contributed by atoms with van der Waals surface area (Å²) in [5.41, 5.74) is 1.45. The molecule has 0 unspecified atom stereocenters. The van der Waals surface area contributed by atoms with E-state index in [2.05, 4.69) is 25.1 Å².